The Morgan fingerprint density at radius 2 is 0.909 bits per heavy atom. The van der Waals surface area contributed by atoms with Crippen LogP contribution in [0.1, 0.15) is 119 Å². The molecule has 0 radical (unpaired) electrons. The van der Waals surface area contributed by atoms with Crippen molar-refractivity contribution in [2.45, 2.75) is 116 Å². The van der Waals surface area contributed by atoms with Gasteiger partial charge < -0.3 is 7.96 Å². The van der Waals surface area contributed by atoms with Crippen molar-refractivity contribution in [2.24, 2.45) is 0 Å². The molecule has 2 nitrogen and oxygen atoms in total. The van der Waals surface area contributed by atoms with Gasteiger partial charge in [0.05, 0.1) is 0 Å². The Balaban J connectivity index is -0.000000667. The average Bonchev–Trinajstić information content (AvgIpc) is 2.46. The summed E-state index contributed by atoms with van der Waals surface area (Å²) in [4.78, 5) is 10.3. The zero-order valence-corrected chi connectivity index (χ0v) is 19.5. The van der Waals surface area contributed by atoms with Gasteiger partial charge in [-0.2, -0.15) is 0 Å². The number of hydrogen-bond acceptors (Lipinski definition) is 1. The van der Waals surface area contributed by atoms with Crippen LogP contribution in [0.5, 0.6) is 0 Å². The number of unbranched alkanes of at least 4 members (excludes halogenated alkanes) is 15. The van der Waals surface area contributed by atoms with Crippen molar-refractivity contribution < 1.29 is 12.8 Å². The van der Waals surface area contributed by atoms with E-state index in [9.17, 15) is 4.79 Å². The van der Waals surface area contributed by atoms with Gasteiger partial charge in [-0.15, -0.1) is 0 Å². The molecule has 130 valence electrons. The predicted molar refractivity (Wildman–Crippen MR) is 99.8 cm³/mol. The first-order valence-electron chi connectivity index (χ1n) is 9.49. The second-order valence-electron chi connectivity index (χ2n) is 6.45. The van der Waals surface area contributed by atoms with Crippen LogP contribution in [0.3, 0.4) is 0 Å². The summed E-state index contributed by atoms with van der Waals surface area (Å²) in [5.74, 6) is -0.652. The minimum Gasteiger partial charge on any atom is -1.00 e. The van der Waals surface area contributed by atoms with Crippen LogP contribution in [0.4, 0.5) is 0 Å². The van der Waals surface area contributed by atoms with E-state index < -0.39 is 5.97 Å². The fourth-order valence-corrected chi connectivity index (χ4v) is 2.82. The Hall–Kier alpha value is 1.04. The summed E-state index contributed by atoms with van der Waals surface area (Å²) in [6.45, 7) is 2.27. The Morgan fingerprint density at radius 1 is 0.636 bits per heavy atom. The molecular formula is C19H40BaO2. The number of carboxylic acid groups (broad SMARTS) is 1. The molecule has 22 heavy (non-hydrogen) atoms. The second kappa shape index (κ2) is 22.0. The molecule has 0 fully saturated rings. The summed E-state index contributed by atoms with van der Waals surface area (Å²) in [7, 11) is 0. The molecule has 0 aromatic rings. The monoisotopic (exact) mass is 438 g/mol. The van der Waals surface area contributed by atoms with Gasteiger partial charge in [0.2, 0.25) is 0 Å². The molecule has 0 amide bonds. The van der Waals surface area contributed by atoms with Crippen molar-refractivity contribution in [3.63, 3.8) is 0 Å². The van der Waals surface area contributed by atoms with Crippen LogP contribution in [0.25, 0.3) is 0 Å². The molecular weight excluding hydrogens is 398 g/mol. The summed E-state index contributed by atoms with van der Waals surface area (Å²) < 4.78 is 0. The molecule has 0 aliphatic heterocycles. The van der Waals surface area contributed by atoms with E-state index in [1.165, 1.54) is 89.9 Å². The molecule has 0 spiro atoms. The molecule has 0 atom stereocenters. The maximum atomic E-state index is 10.3. The van der Waals surface area contributed by atoms with Gasteiger partial charge in [-0.1, -0.05) is 103 Å². The SMILES string of the molecule is CCCCCCCCCCCCCCCCCCC(=O)O.[Ba+2].[H-].[H-]. The molecule has 0 aliphatic carbocycles. The third kappa shape index (κ3) is 23.3. The third-order valence-corrected chi connectivity index (χ3v) is 4.24. The third-order valence-electron chi connectivity index (χ3n) is 4.24. The van der Waals surface area contributed by atoms with Gasteiger partial charge in [-0.05, 0) is 6.42 Å². The van der Waals surface area contributed by atoms with Gasteiger partial charge in [-0.3, -0.25) is 4.79 Å². The normalized spacial score (nSPS) is 10.4. The van der Waals surface area contributed by atoms with Crippen LogP contribution in [0, 0.1) is 0 Å². The maximum absolute atomic E-state index is 10.3. The number of rotatable bonds is 17. The van der Waals surface area contributed by atoms with Crippen LogP contribution in [-0.4, -0.2) is 60.0 Å². The zero-order chi connectivity index (χ0) is 15.6. The molecule has 0 aromatic heterocycles. The van der Waals surface area contributed by atoms with Crippen LogP contribution in [0.15, 0.2) is 0 Å². The quantitative estimate of drug-likeness (QED) is 0.206. The molecule has 0 bridgehead atoms. The van der Waals surface area contributed by atoms with E-state index in [1.54, 1.807) is 0 Å². The first kappa shape index (κ1) is 25.3. The van der Waals surface area contributed by atoms with Crippen molar-refractivity contribution in [3.8, 4) is 0 Å². The van der Waals surface area contributed by atoms with Crippen molar-refractivity contribution in [1.82, 2.24) is 0 Å². The summed E-state index contributed by atoms with van der Waals surface area (Å²) in [6, 6.07) is 0. The number of carboxylic acids is 1. The maximum Gasteiger partial charge on any atom is 2.00 e. The Kier molecular flexibility index (Phi) is 25.3. The van der Waals surface area contributed by atoms with E-state index in [2.05, 4.69) is 6.92 Å². The van der Waals surface area contributed by atoms with Crippen molar-refractivity contribution in [3.05, 3.63) is 0 Å². The van der Waals surface area contributed by atoms with Crippen molar-refractivity contribution in [1.29, 1.82) is 0 Å². The summed E-state index contributed by atoms with van der Waals surface area (Å²) in [5, 5.41) is 8.53. The Morgan fingerprint density at radius 3 is 1.18 bits per heavy atom. The number of hydrogen-bond donors (Lipinski definition) is 1. The molecule has 0 heterocycles. The minimum atomic E-state index is -0.652. The number of aliphatic carboxylic acids is 1. The van der Waals surface area contributed by atoms with Crippen LogP contribution >= 0.6 is 0 Å². The van der Waals surface area contributed by atoms with Gasteiger partial charge in [-0.25, -0.2) is 0 Å². The molecule has 1 N–H and O–H groups in total. The molecule has 0 aromatic carbocycles. The number of carbonyl (C=O) groups is 1. The fourth-order valence-electron chi connectivity index (χ4n) is 2.82. The molecule has 0 saturated heterocycles. The molecule has 0 unspecified atom stereocenters. The second-order valence-corrected chi connectivity index (χ2v) is 6.45. The summed E-state index contributed by atoms with van der Waals surface area (Å²) >= 11 is 0. The van der Waals surface area contributed by atoms with Crippen LogP contribution < -0.4 is 0 Å². The van der Waals surface area contributed by atoms with E-state index in [1.807, 2.05) is 0 Å². The summed E-state index contributed by atoms with van der Waals surface area (Å²) in [5.41, 5.74) is 0. The standard InChI is InChI=1S/C19H38O2.Ba.2H/c1-2-3-4-5-6-7-8-9-10-11-12-13-14-15-16-17-18-19(20)21;;;/h2-18H2,1H3,(H,20,21);;;/q;+2;2*-1. The largest absolute Gasteiger partial charge is 2.00 e. The topological polar surface area (TPSA) is 37.3 Å². The van der Waals surface area contributed by atoms with Crippen LogP contribution in [-0.2, 0) is 4.79 Å². The zero-order valence-electron chi connectivity index (χ0n) is 17.1. The predicted octanol–water partition coefficient (Wildman–Crippen LogP) is 6.57. The van der Waals surface area contributed by atoms with Gasteiger partial charge >= 0.3 is 54.9 Å². The summed E-state index contributed by atoms with van der Waals surface area (Å²) in [6.07, 6.45) is 21.7. The Labute approximate surface area is 182 Å². The van der Waals surface area contributed by atoms with Crippen molar-refractivity contribution >= 4 is 54.9 Å². The Bertz CT molecular complexity index is 229. The first-order chi connectivity index (χ1) is 10.3. The van der Waals surface area contributed by atoms with E-state index >= 15 is 0 Å². The average molecular weight is 438 g/mol. The van der Waals surface area contributed by atoms with E-state index in [4.69, 9.17) is 5.11 Å². The fraction of sp³-hybridized carbons (Fsp3) is 0.947. The first-order valence-corrected chi connectivity index (χ1v) is 9.49. The van der Waals surface area contributed by atoms with E-state index in [0.29, 0.717) is 6.42 Å². The molecule has 0 rings (SSSR count). The van der Waals surface area contributed by atoms with Crippen molar-refractivity contribution in [2.75, 3.05) is 0 Å². The molecule has 0 saturated carbocycles. The van der Waals surface area contributed by atoms with Gasteiger partial charge in [0.15, 0.2) is 0 Å². The minimum absolute atomic E-state index is 0. The van der Waals surface area contributed by atoms with E-state index in [0.717, 1.165) is 12.8 Å². The molecule has 0 aliphatic rings. The van der Waals surface area contributed by atoms with Gasteiger partial charge in [0.1, 0.15) is 0 Å². The van der Waals surface area contributed by atoms with Gasteiger partial charge in [0, 0.05) is 6.42 Å². The van der Waals surface area contributed by atoms with E-state index in [-0.39, 0.29) is 51.7 Å². The molecule has 3 heteroatoms. The smallest absolute Gasteiger partial charge is 1.00 e. The van der Waals surface area contributed by atoms with Crippen LogP contribution in [0.2, 0.25) is 0 Å². The van der Waals surface area contributed by atoms with Gasteiger partial charge in [0.25, 0.3) is 0 Å².